The van der Waals surface area contributed by atoms with E-state index in [1.54, 1.807) is 7.11 Å². The summed E-state index contributed by atoms with van der Waals surface area (Å²) < 4.78 is 7.32. The van der Waals surface area contributed by atoms with Gasteiger partial charge in [0, 0.05) is 12.0 Å². The molecular weight excluding hydrogens is 328 g/mol. The minimum absolute atomic E-state index is 0.0230. The summed E-state index contributed by atoms with van der Waals surface area (Å²) >= 11 is 0. The SMILES string of the molecule is COc1cccc(-n2c(NC(=O)C3CCNCC3)nc3ccccc32)c1. The van der Waals surface area contributed by atoms with E-state index in [1.807, 2.05) is 53.1 Å². The molecule has 0 saturated carbocycles. The highest BCUT2D eigenvalue weighted by Crippen LogP contribution is 2.27. The second-order valence-electron chi connectivity index (χ2n) is 6.47. The number of amides is 1. The molecule has 0 spiro atoms. The van der Waals surface area contributed by atoms with Crippen LogP contribution in [0, 0.1) is 5.92 Å². The fourth-order valence-electron chi connectivity index (χ4n) is 3.42. The highest BCUT2D eigenvalue weighted by atomic mass is 16.5. The Hall–Kier alpha value is -2.86. The zero-order valence-corrected chi connectivity index (χ0v) is 14.7. The predicted molar refractivity (Wildman–Crippen MR) is 102 cm³/mol. The van der Waals surface area contributed by atoms with Crippen molar-refractivity contribution in [3.05, 3.63) is 48.5 Å². The Kier molecular flexibility index (Phi) is 4.58. The molecule has 1 aliphatic heterocycles. The standard InChI is InChI=1S/C20H22N4O2/c1-26-16-6-4-5-15(13-16)24-18-8-3-2-7-17(18)22-20(24)23-19(25)14-9-11-21-12-10-14/h2-8,13-14,21H,9-12H2,1H3,(H,22,23,25). The molecule has 4 rings (SSSR count). The van der Waals surface area contributed by atoms with Gasteiger partial charge < -0.3 is 10.1 Å². The highest BCUT2D eigenvalue weighted by Gasteiger charge is 2.23. The van der Waals surface area contributed by atoms with Gasteiger partial charge >= 0.3 is 0 Å². The van der Waals surface area contributed by atoms with Crippen LogP contribution in [0.1, 0.15) is 12.8 Å². The third kappa shape index (κ3) is 3.15. The van der Waals surface area contributed by atoms with Gasteiger partial charge in [-0.3, -0.25) is 14.7 Å². The number of rotatable bonds is 4. The number of anilines is 1. The quantitative estimate of drug-likeness (QED) is 0.759. The van der Waals surface area contributed by atoms with Crippen LogP contribution in [0.4, 0.5) is 5.95 Å². The monoisotopic (exact) mass is 350 g/mol. The number of hydrogen-bond donors (Lipinski definition) is 2. The Morgan fingerprint density at radius 1 is 1.19 bits per heavy atom. The maximum absolute atomic E-state index is 12.7. The highest BCUT2D eigenvalue weighted by molar-refractivity contribution is 5.94. The second kappa shape index (κ2) is 7.17. The number of ether oxygens (including phenoxy) is 1. The molecule has 2 aromatic carbocycles. The van der Waals surface area contributed by atoms with E-state index in [-0.39, 0.29) is 11.8 Å². The van der Waals surface area contributed by atoms with Crippen LogP contribution in [-0.2, 0) is 4.79 Å². The summed E-state index contributed by atoms with van der Waals surface area (Å²) in [5, 5.41) is 6.34. The van der Waals surface area contributed by atoms with Crippen molar-refractivity contribution >= 4 is 22.9 Å². The number of nitrogens with zero attached hydrogens (tertiary/aromatic N) is 2. The smallest absolute Gasteiger partial charge is 0.229 e. The third-order valence-corrected chi connectivity index (χ3v) is 4.82. The van der Waals surface area contributed by atoms with Gasteiger partial charge in [0.05, 0.1) is 23.8 Å². The van der Waals surface area contributed by atoms with Crippen LogP contribution in [0.3, 0.4) is 0 Å². The fraction of sp³-hybridized carbons (Fsp3) is 0.300. The molecule has 0 radical (unpaired) electrons. The van der Waals surface area contributed by atoms with E-state index < -0.39 is 0 Å². The number of para-hydroxylation sites is 2. The maximum Gasteiger partial charge on any atom is 0.229 e. The number of methoxy groups -OCH3 is 1. The first-order chi connectivity index (χ1) is 12.8. The van der Waals surface area contributed by atoms with E-state index >= 15 is 0 Å². The van der Waals surface area contributed by atoms with Gasteiger partial charge in [-0.25, -0.2) is 4.98 Å². The molecular formula is C20H22N4O2. The molecule has 2 heterocycles. The van der Waals surface area contributed by atoms with Crippen LogP contribution < -0.4 is 15.4 Å². The number of aromatic nitrogens is 2. The summed E-state index contributed by atoms with van der Waals surface area (Å²) in [5.74, 6) is 1.36. The van der Waals surface area contributed by atoms with Crippen LogP contribution in [0.2, 0.25) is 0 Å². The molecule has 26 heavy (non-hydrogen) atoms. The summed E-state index contributed by atoms with van der Waals surface area (Å²) in [5.41, 5.74) is 2.69. The van der Waals surface area contributed by atoms with Crippen LogP contribution >= 0.6 is 0 Å². The number of hydrogen-bond acceptors (Lipinski definition) is 4. The molecule has 1 aromatic heterocycles. The van der Waals surface area contributed by atoms with Gasteiger partial charge in [-0.15, -0.1) is 0 Å². The summed E-state index contributed by atoms with van der Waals surface area (Å²) in [6.07, 6.45) is 1.70. The lowest BCUT2D eigenvalue weighted by molar-refractivity contribution is -0.120. The van der Waals surface area contributed by atoms with Gasteiger partial charge in [0.1, 0.15) is 5.75 Å². The van der Waals surface area contributed by atoms with E-state index in [1.165, 1.54) is 0 Å². The van der Waals surface area contributed by atoms with E-state index in [4.69, 9.17) is 4.74 Å². The lowest BCUT2D eigenvalue weighted by Crippen LogP contribution is -2.35. The van der Waals surface area contributed by atoms with E-state index in [2.05, 4.69) is 15.6 Å². The fourth-order valence-corrected chi connectivity index (χ4v) is 3.42. The molecule has 6 nitrogen and oxygen atoms in total. The Bertz CT molecular complexity index is 928. The Morgan fingerprint density at radius 3 is 2.81 bits per heavy atom. The first kappa shape index (κ1) is 16.6. The minimum Gasteiger partial charge on any atom is -0.497 e. The van der Waals surface area contributed by atoms with E-state index in [0.29, 0.717) is 5.95 Å². The normalized spacial score (nSPS) is 15.1. The first-order valence-electron chi connectivity index (χ1n) is 8.90. The Morgan fingerprint density at radius 2 is 2.00 bits per heavy atom. The third-order valence-electron chi connectivity index (χ3n) is 4.82. The number of nitrogens with one attached hydrogen (secondary N) is 2. The molecule has 0 aliphatic carbocycles. The number of fused-ring (bicyclic) bond motifs is 1. The zero-order valence-electron chi connectivity index (χ0n) is 14.7. The molecule has 1 amide bonds. The minimum atomic E-state index is 0.0230. The summed E-state index contributed by atoms with van der Waals surface area (Å²) in [6, 6.07) is 15.6. The van der Waals surface area contributed by atoms with Crippen molar-refractivity contribution < 1.29 is 9.53 Å². The summed E-state index contributed by atoms with van der Waals surface area (Å²) in [7, 11) is 1.64. The Balaban J connectivity index is 1.75. The molecule has 1 saturated heterocycles. The van der Waals surface area contributed by atoms with Crippen molar-refractivity contribution in [2.75, 3.05) is 25.5 Å². The maximum atomic E-state index is 12.7. The molecule has 0 bridgehead atoms. The van der Waals surface area contributed by atoms with Gasteiger partial charge in [0.15, 0.2) is 0 Å². The van der Waals surface area contributed by atoms with Crippen molar-refractivity contribution in [2.24, 2.45) is 5.92 Å². The van der Waals surface area contributed by atoms with Crippen LogP contribution in [0.25, 0.3) is 16.7 Å². The lowest BCUT2D eigenvalue weighted by atomic mass is 9.97. The van der Waals surface area contributed by atoms with Crippen molar-refractivity contribution in [3.8, 4) is 11.4 Å². The molecule has 3 aromatic rings. The van der Waals surface area contributed by atoms with E-state index in [9.17, 15) is 4.79 Å². The molecule has 0 unspecified atom stereocenters. The van der Waals surface area contributed by atoms with Gasteiger partial charge in [-0.2, -0.15) is 0 Å². The van der Waals surface area contributed by atoms with Crippen molar-refractivity contribution in [1.29, 1.82) is 0 Å². The molecule has 6 heteroatoms. The molecule has 1 fully saturated rings. The molecule has 1 aliphatic rings. The average molecular weight is 350 g/mol. The van der Waals surface area contributed by atoms with Crippen molar-refractivity contribution in [2.45, 2.75) is 12.8 Å². The average Bonchev–Trinajstić information content (AvgIpc) is 3.06. The topological polar surface area (TPSA) is 68.2 Å². The first-order valence-corrected chi connectivity index (χ1v) is 8.90. The van der Waals surface area contributed by atoms with Gasteiger partial charge in [-0.1, -0.05) is 18.2 Å². The number of carbonyl (C=O) groups excluding carboxylic acids is 1. The number of benzene rings is 2. The van der Waals surface area contributed by atoms with Crippen molar-refractivity contribution in [3.63, 3.8) is 0 Å². The van der Waals surface area contributed by atoms with Gasteiger partial charge in [0.2, 0.25) is 11.9 Å². The largest absolute Gasteiger partial charge is 0.497 e. The number of piperidine rings is 1. The number of carbonyl (C=O) groups is 1. The lowest BCUT2D eigenvalue weighted by Gasteiger charge is -2.21. The summed E-state index contributed by atoms with van der Waals surface area (Å²) in [4.78, 5) is 17.4. The predicted octanol–water partition coefficient (Wildman–Crippen LogP) is 2.97. The van der Waals surface area contributed by atoms with Crippen molar-refractivity contribution in [1.82, 2.24) is 14.9 Å². The molecule has 2 N–H and O–H groups in total. The molecule has 0 atom stereocenters. The zero-order chi connectivity index (χ0) is 17.9. The van der Waals surface area contributed by atoms with Crippen LogP contribution in [0.5, 0.6) is 5.75 Å². The van der Waals surface area contributed by atoms with E-state index in [0.717, 1.165) is 48.4 Å². The second-order valence-corrected chi connectivity index (χ2v) is 6.47. The van der Waals surface area contributed by atoms with Gasteiger partial charge in [0.25, 0.3) is 0 Å². The molecule has 134 valence electrons. The van der Waals surface area contributed by atoms with Crippen LogP contribution in [0.15, 0.2) is 48.5 Å². The van der Waals surface area contributed by atoms with Gasteiger partial charge in [-0.05, 0) is 50.2 Å². The van der Waals surface area contributed by atoms with Crippen LogP contribution in [-0.4, -0.2) is 35.7 Å². The number of imidazole rings is 1. The Labute approximate surface area is 152 Å². The summed E-state index contributed by atoms with van der Waals surface area (Å²) in [6.45, 7) is 1.76.